The zero-order chi connectivity index (χ0) is 15.9. The molecule has 2 rings (SSSR count). The molecule has 2 aromatic rings. The molecule has 0 saturated carbocycles. The van der Waals surface area contributed by atoms with Gasteiger partial charge in [0, 0.05) is 31.6 Å². The lowest BCUT2D eigenvalue weighted by atomic mass is 10.2. The standard InChI is InChI=1S/C15H18FN3O3/c1-10(9-21-2)17-13(20)6-7-14-18-15(19-22-14)11-4-3-5-12(16)8-11/h3-5,8,10H,6-7,9H2,1-2H3,(H,17,20)/t10-/m1/s1. The molecule has 0 spiro atoms. The van der Waals surface area contributed by atoms with Gasteiger partial charge in [-0.1, -0.05) is 17.3 Å². The molecule has 0 bridgehead atoms. The Morgan fingerprint density at radius 3 is 3.05 bits per heavy atom. The normalized spacial score (nSPS) is 12.1. The SMILES string of the molecule is COC[C@@H](C)NC(=O)CCc1nc(-c2cccc(F)c2)no1. The van der Waals surface area contributed by atoms with Gasteiger partial charge in [0.1, 0.15) is 5.82 Å². The Morgan fingerprint density at radius 1 is 1.50 bits per heavy atom. The van der Waals surface area contributed by atoms with Gasteiger partial charge in [0.2, 0.25) is 17.6 Å². The van der Waals surface area contributed by atoms with Gasteiger partial charge in [-0.25, -0.2) is 4.39 Å². The molecule has 0 aliphatic heterocycles. The number of methoxy groups -OCH3 is 1. The zero-order valence-electron chi connectivity index (χ0n) is 12.5. The fourth-order valence-electron chi connectivity index (χ4n) is 1.96. The van der Waals surface area contributed by atoms with Crippen LogP contribution in [0.1, 0.15) is 19.2 Å². The molecule has 118 valence electrons. The summed E-state index contributed by atoms with van der Waals surface area (Å²) < 4.78 is 23.2. The third-order valence-corrected chi connectivity index (χ3v) is 2.94. The van der Waals surface area contributed by atoms with E-state index in [1.807, 2.05) is 6.92 Å². The highest BCUT2D eigenvalue weighted by atomic mass is 19.1. The van der Waals surface area contributed by atoms with Crippen molar-refractivity contribution in [1.82, 2.24) is 15.5 Å². The smallest absolute Gasteiger partial charge is 0.227 e. The topological polar surface area (TPSA) is 77.2 Å². The quantitative estimate of drug-likeness (QED) is 0.846. The molecule has 7 heteroatoms. The van der Waals surface area contributed by atoms with E-state index in [1.54, 1.807) is 19.2 Å². The number of ether oxygens (including phenoxy) is 1. The monoisotopic (exact) mass is 307 g/mol. The van der Waals surface area contributed by atoms with Crippen LogP contribution < -0.4 is 5.32 Å². The minimum Gasteiger partial charge on any atom is -0.383 e. The molecule has 1 heterocycles. The van der Waals surface area contributed by atoms with Crippen LogP contribution in [0.2, 0.25) is 0 Å². The van der Waals surface area contributed by atoms with E-state index in [1.165, 1.54) is 12.1 Å². The van der Waals surface area contributed by atoms with Gasteiger partial charge in [0.25, 0.3) is 0 Å². The number of hydrogen-bond donors (Lipinski definition) is 1. The predicted octanol–water partition coefficient (Wildman–Crippen LogP) is 1.96. The second-order valence-corrected chi connectivity index (χ2v) is 4.95. The van der Waals surface area contributed by atoms with Crippen LogP contribution in [-0.4, -0.2) is 35.8 Å². The minimum atomic E-state index is -0.365. The summed E-state index contributed by atoms with van der Waals surface area (Å²) in [6.07, 6.45) is 0.562. The maximum absolute atomic E-state index is 13.1. The third-order valence-electron chi connectivity index (χ3n) is 2.94. The molecule has 0 radical (unpaired) electrons. The van der Waals surface area contributed by atoms with E-state index < -0.39 is 0 Å². The predicted molar refractivity (Wildman–Crippen MR) is 77.5 cm³/mol. The Hall–Kier alpha value is -2.28. The van der Waals surface area contributed by atoms with Crippen LogP contribution in [0.4, 0.5) is 4.39 Å². The number of benzene rings is 1. The molecule has 1 N–H and O–H groups in total. The number of aromatic nitrogens is 2. The molecule has 0 saturated heterocycles. The molecular formula is C15H18FN3O3. The first kappa shape index (κ1) is 16.1. The molecule has 0 aliphatic carbocycles. The van der Waals surface area contributed by atoms with Crippen molar-refractivity contribution in [2.75, 3.05) is 13.7 Å². The minimum absolute atomic E-state index is 0.0527. The second-order valence-electron chi connectivity index (χ2n) is 4.95. The number of hydrogen-bond acceptors (Lipinski definition) is 5. The van der Waals surface area contributed by atoms with E-state index in [2.05, 4.69) is 15.5 Å². The van der Waals surface area contributed by atoms with E-state index >= 15 is 0 Å². The number of carbonyl (C=O) groups is 1. The third kappa shape index (κ3) is 4.63. The molecule has 1 amide bonds. The number of nitrogens with one attached hydrogen (secondary N) is 1. The number of halogens is 1. The summed E-state index contributed by atoms with van der Waals surface area (Å²) >= 11 is 0. The summed E-state index contributed by atoms with van der Waals surface area (Å²) in [5.41, 5.74) is 0.535. The van der Waals surface area contributed by atoms with E-state index in [0.717, 1.165) is 0 Å². The highest BCUT2D eigenvalue weighted by Crippen LogP contribution is 2.17. The number of carbonyl (C=O) groups excluding carboxylic acids is 1. The molecular weight excluding hydrogens is 289 g/mol. The Kier molecular flexibility index (Phi) is 5.60. The first-order valence-corrected chi connectivity index (χ1v) is 6.95. The summed E-state index contributed by atoms with van der Waals surface area (Å²) in [6.45, 7) is 2.31. The van der Waals surface area contributed by atoms with Gasteiger partial charge in [-0.2, -0.15) is 4.98 Å². The maximum Gasteiger partial charge on any atom is 0.227 e. The van der Waals surface area contributed by atoms with Gasteiger partial charge in [-0.05, 0) is 19.1 Å². The second kappa shape index (κ2) is 7.65. The Labute approximate surface area is 127 Å². The van der Waals surface area contributed by atoms with Gasteiger partial charge in [-0.15, -0.1) is 0 Å². The van der Waals surface area contributed by atoms with Crippen molar-refractivity contribution in [3.05, 3.63) is 36.0 Å². The summed E-state index contributed by atoms with van der Waals surface area (Å²) in [4.78, 5) is 15.9. The largest absolute Gasteiger partial charge is 0.383 e. The Bertz CT molecular complexity index is 630. The zero-order valence-corrected chi connectivity index (χ0v) is 12.5. The highest BCUT2D eigenvalue weighted by Gasteiger charge is 2.12. The number of aryl methyl sites for hydroxylation is 1. The molecule has 22 heavy (non-hydrogen) atoms. The average Bonchev–Trinajstić information content (AvgIpc) is 2.94. The van der Waals surface area contributed by atoms with Crippen molar-refractivity contribution in [3.63, 3.8) is 0 Å². The van der Waals surface area contributed by atoms with Crippen LogP contribution in [0.5, 0.6) is 0 Å². The molecule has 6 nitrogen and oxygen atoms in total. The molecule has 0 fully saturated rings. The number of rotatable bonds is 7. The average molecular weight is 307 g/mol. The number of nitrogens with zero attached hydrogens (tertiary/aromatic N) is 2. The van der Waals surface area contributed by atoms with Gasteiger partial charge in [-0.3, -0.25) is 4.79 Å². The first-order chi connectivity index (χ1) is 10.6. The fraction of sp³-hybridized carbons (Fsp3) is 0.400. The lowest BCUT2D eigenvalue weighted by Crippen LogP contribution is -2.35. The maximum atomic E-state index is 13.1. The van der Waals surface area contributed by atoms with Crippen molar-refractivity contribution >= 4 is 5.91 Å². The van der Waals surface area contributed by atoms with Gasteiger partial charge >= 0.3 is 0 Å². The summed E-state index contributed by atoms with van der Waals surface area (Å²) in [5, 5.41) is 6.59. The van der Waals surface area contributed by atoms with E-state index in [4.69, 9.17) is 9.26 Å². The first-order valence-electron chi connectivity index (χ1n) is 6.95. The Morgan fingerprint density at radius 2 is 2.32 bits per heavy atom. The van der Waals surface area contributed by atoms with Crippen LogP contribution in [0.15, 0.2) is 28.8 Å². The number of amides is 1. The fourth-order valence-corrected chi connectivity index (χ4v) is 1.96. The molecule has 0 aliphatic rings. The molecule has 1 atom stereocenters. The highest BCUT2D eigenvalue weighted by molar-refractivity contribution is 5.76. The van der Waals surface area contributed by atoms with E-state index in [0.29, 0.717) is 30.3 Å². The molecule has 1 aromatic carbocycles. The van der Waals surface area contributed by atoms with Crippen molar-refractivity contribution in [1.29, 1.82) is 0 Å². The van der Waals surface area contributed by atoms with E-state index in [-0.39, 0.29) is 24.2 Å². The summed E-state index contributed by atoms with van der Waals surface area (Å²) in [5.74, 6) is 0.168. The van der Waals surface area contributed by atoms with Crippen LogP contribution in [-0.2, 0) is 16.0 Å². The van der Waals surface area contributed by atoms with Crippen LogP contribution in [0.3, 0.4) is 0 Å². The van der Waals surface area contributed by atoms with Crippen LogP contribution >= 0.6 is 0 Å². The van der Waals surface area contributed by atoms with Crippen molar-refractivity contribution in [3.8, 4) is 11.4 Å². The van der Waals surface area contributed by atoms with Gasteiger partial charge in [0.15, 0.2) is 0 Å². The van der Waals surface area contributed by atoms with E-state index in [9.17, 15) is 9.18 Å². The van der Waals surface area contributed by atoms with Gasteiger partial charge < -0.3 is 14.6 Å². The molecule has 1 aromatic heterocycles. The van der Waals surface area contributed by atoms with Crippen LogP contribution in [0.25, 0.3) is 11.4 Å². The lowest BCUT2D eigenvalue weighted by molar-refractivity contribution is -0.122. The molecule has 0 unspecified atom stereocenters. The lowest BCUT2D eigenvalue weighted by Gasteiger charge is -2.11. The summed E-state index contributed by atoms with van der Waals surface area (Å²) in [7, 11) is 1.58. The van der Waals surface area contributed by atoms with Crippen LogP contribution in [0, 0.1) is 5.82 Å². The van der Waals surface area contributed by atoms with Crippen molar-refractivity contribution in [2.24, 2.45) is 0 Å². The summed E-state index contributed by atoms with van der Waals surface area (Å²) in [6, 6.07) is 5.88. The van der Waals surface area contributed by atoms with Crippen molar-refractivity contribution < 1.29 is 18.4 Å². The Balaban J connectivity index is 1.88. The van der Waals surface area contributed by atoms with Crippen molar-refractivity contribution in [2.45, 2.75) is 25.8 Å². The van der Waals surface area contributed by atoms with Gasteiger partial charge in [0.05, 0.1) is 6.61 Å².